The topological polar surface area (TPSA) is 121 Å². The number of amides is 1. The van der Waals surface area contributed by atoms with E-state index in [2.05, 4.69) is 15.6 Å². The molecule has 160 valence electrons. The molecule has 0 bridgehead atoms. The SMILES string of the molecule is COc1cc(/C(C)=N/NC(=O)Cn2cc([N+](=O)[O-])cn2)ccc1OCc1ccccc1. The molecule has 1 amide bonds. The van der Waals surface area contributed by atoms with Crippen molar-refractivity contribution in [3.05, 3.63) is 82.2 Å². The first kappa shape index (κ1) is 21.5. The number of hydrogen-bond donors (Lipinski definition) is 1. The molecule has 0 saturated carbocycles. The third kappa shape index (κ3) is 5.89. The van der Waals surface area contributed by atoms with Gasteiger partial charge in [0.15, 0.2) is 11.5 Å². The molecule has 10 heteroatoms. The van der Waals surface area contributed by atoms with Gasteiger partial charge in [-0.3, -0.25) is 19.6 Å². The normalized spacial score (nSPS) is 11.1. The molecule has 0 aliphatic carbocycles. The summed E-state index contributed by atoms with van der Waals surface area (Å²) in [6.07, 6.45) is 2.25. The Balaban J connectivity index is 1.61. The minimum Gasteiger partial charge on any atom is -0.493 e. The molecule has 10 nitrogen and oxygen atoms in total. The maximum Gasteiger partial charge on any atom is 0.307 e. The molecule has 0 unspecified atom stereocenters. The standard InChI is InChI=1S/C21H21N5O5/c1-15(23-24-21(27)13-25-12-18(11-22-25)26(28)29)17-8-9-19(20(10-17)30-2)31-14-16-6-4-3-5-7-16/h3-12H,13-14H2,1-2H3,(H,24,27)/b23-15+. The van der Waals surface area contributed by atoms with E-state index in [9.17, 15) is 14.9 Å². The average molecular weight is 423 g/mol. The molecule has 0 aliphatic rings. The van der Waals surface area contributed by atoms with Gasteiger partial charge in [-0.1, -0.05) is 30.3 Å². The van der Waals surface area contributed by atoms with Crippen LogP contribution in [0.1, 0.15) is 18.1 Å². The van der Waals surface area contributed by atoms with E-state index in [0.717, 1.165) is 17.3 Å². The lowest BCUT2D eigenvalue weighted by atomic mass is 10.1. The highest BCUT2D eigenvalue weighted by molar-refractivity contribution is 5.99. The van der Waals surface area contributed by atoms with E-state index in [-0.39, 0.29) is 12.2 Å². The van der Waals surface area contributed by atoms with Gasteiger partial charge in [0.05, 0.1) is 17.7 Å². The van der Waals surface area contributed by atoms with Crippen molar-refractivity contribution >= 4 is 17.3 Å². The second-order valence-electron chi connectivity index (χ2n) is 6.53. The van der Waals surface area contributed by atoms with Crippen molar-refractivity contribution in [1.82, 2.24) is 15.2 Å². The lowest BCUT2D eigenvalue weighted by molar-refractivity contribution is -0.385. The summed E-state index contributed by atoms with van der Waals surface area (Å²) in [5, 5.41) is 18.5. The van der Waals surface area contributed by atoms with E-state index in [4.69, 9.17) is 9.47 Å². The number of hydrazone groups is 1. The number of carbonyl (C=O) groups is 1. The van der Waals surface area contributed by atoms with Crippen LogP contribution in [0, 0.1) is 10.1 Å². The summed E-state index contributed by atoms with van der Waals surface area (Å²) in [7, 11) is 1.55. The molecule has 0 atom stereocenters. The number of carbonyl (C=O) groups excluding carboxylic acids is 1. The zero-order valence-electron chi connectivity index (χ0n) is 17.0. The van der Waals surface area contributed by atoms with Gasteiger partial charge in [-0.15, -0.1) is 0 Å². The number of methoxy groups -OCH3 is 1. The molecule has 0 radical (unpaired) electrons. The minimum atomic E-state index is -0.579. The van der Waals surface area contributed by atoms with Gasteiger partial charge in [0.2, 0.25) is 0 Å². The smallest absolute Gasteiger partial charge is 0.307 e. The van der Waals surface area contributed by atoms with Crippen molar-refractivity contribution in [3.63, 3.8) is 0 Å². The van der Waals surface area contributed by atoms with E-state index in [1.165, 1.54) is 10.9 Å². The third-order valence-corrected chi connectivity index (χ3v) is 4.30. The van der Waals surface area contributed by atoms with Crippen molar-refractivity contribution in [2.24, 2.45) is 5.10 Å². The van der Waals surface area contributed by atoms with E-state index >= 15 is 0 Å². The number of nitrogens with one attached hydrogen (secondary N) is 1. The van der Waals surface area contributed by atoms with Crippen molar-refractivity contribution in [3.8, 4) is 11.5 Å². The lowest BCUT2D eigenvalue weighted by Gasteiger charge is -2.12. The first-order valence-electron chi connectivity index (χ1n) is 9.31. The van der Waals surface area contributed by atoms with Gasteiger partial charge in [-0.05, 0) is 30.7 Å². The third-order valence-electron chi connectivity index (χ3n) is 4.30. The van der Waals surface area contributed by atoms with Gasteiger partial charge in [0.25, 0.3) is 5.91 Å². The number of benzene rings is 2. The summed E-state index contributed by atoms with van der Waals surface area (Å²) in [6.45, 7) is 1.95. The van der Waals surface area contributed by atoms with Crippen LogP contribution in [0.4, 0.5) is 5.69 Å². The van der Waals surface area contributed by atoms with Crippen LogP contribution in [0.3, 0.4) is 0 Å². The van der Waals surface area contributed by atoms with Gasteiger partial charge in [0.1, 0.15) is 25.5 Å². The number of aromatic nitrogens is 2. The Morgan fingerprint density at radius 3 is 2.68 bits per heavy atom. The van der Waals surface area contributed by atoms with Gasteiger partial charge >= 0.3 is 5.69 Å². The summed E-state index contributed by atoms with van der Waals surface area (Å²) in [4.78, 5) is 22.1. The fourth-order valence-corrected chi connectivity index (χ4v) is 2.67. The zero-order chi connectivity index (χ0) is 22.2. The Hall–Kier alpha value is -4.21. The van der Waals surface area contributed by atoms with Crippen LogP contribution in [0.15, 0.2) is 66.0 Å². The van der Waals surface area contributed by atoms with Gasteiger partial charge < -0.3 is 9.47 Å². The maximum absolute atomic E-state index is 12.0. The summed E-state index contributed by atoms with van der Waals surface area (Å²) < 4.78 is 12.4. The second kappa shape index (κ2) is 10.0. The Labute approximate surface area is 178 Å². The van der Waals surface area contributed by atoms with Crippen LogP contribution in [-0.4, -0.2) is 33.4 Å². The Bertz CT molecular complexity index is 1090. The van der Waals surface area contributed by atoms with Crippen LogP contribution in [0.5, 0.6) is 11.5 Å². The molecule has 3 rings (SSSR count). The number of nitro groups is 1. The molecule has 1 heterocycles. The summed E-state index contributed by atoms with van der Waals surface area (Å²) in [5.41, 5.74) is 4.55. The fraction of sp³-hybridized carbons (Fsp3) is 0.190. The van der Waals surface area contributed by atoms with E-state index in [0.29, 0.717) is 23.8 Å². The minimum absolute atomic E-state index is 0.186. The zero-order valence-corrected chi connectivity index (χ0v) is 17.0. The van der Waals surface area contributed by atoms with Crippen molar-refractivity contribution in [2.75, 3.05) is 7.11 Å². The van der Waals surface area contributed by atoms with Gasteiger partial charge in [-0.25, -0.2) is 5.43 Å². The predicted molar refractivity (Wildman–Crippen MR) is 113 cm³/mol. The van der Waals surface area contributed by atoms with Gasteiger partial charge in [-0.2, -0.15) is 10.2 Å². The fourth-order valence-electron chi connectivity index (χ4n) is 2.67. The van der Waals surface area contributed by atoms with Crippen LogP contribution in [0.2, 0.25) is 0 Å². The van der Waals surface area contributed by atoms with Crippen LogP contribution < -0.4 is 14.9 Å². The predicted octanol–water partition coefficient (Wildman–Crippen LogP) is 2.92. The first-order valence-corrected chi connectivity index (χ1v) is 9.31. The van der Waals surface area contributed by atoms with Crippen LogP contribution >= 0.6 is 0 Å². The molecular formula is C21H21N5O5. The van der Waals surface area contributed by atoms with Crippen LogP contribution in [0.25, 0.3) is 0 Å². The lowest BCUT2D eigenvalue weighted by Crippen LogP contribution is -2.24. The quantitative estimate of drug-likeness (QED) is 0.321. The summed E-state index contributed by atoms with van der Waals surface area (Å²) >= 11 is 0. The van der Waals surface area contributed by atoms with Crippen LogP contribution in [-0.2, 0) is 17.9 Å². The highest BCUT2D eigenvalue weighted by atomic mass is 16.6. The molecule has 0 spiro atoms. The Morgan fingerprint density at radius 2 is 2.00 bits per heavy atom. The summed E-state index contributed by atoms with van der Waals surface area (Å²) in [5.74, 6) is 0.664. The highest BCUT2D eigenvalue weighted by Gasteiger charge is 2.12. The van der Waals surface area contributed by atoms with Gasteiger partial charge in [0, 0.05) is 5.56 Å². The molecule has 3 aromatic rings. The molecule has 0 saturated heterocycles. The Kier molecular flexibility index (Phi) is 6.94. The number of rotatable bonds is 9. The number of ether oxygens (including phenoxy) is 2. The van der Waals surface area contributed by atoms with E-state index < -0.39 is 10.8 Å². The second-order valence-corrected chi connectivity index (χ2v) is 6.53. The first-order chi connectivity index (χ1) is 15.0. The molecule has 2 aromatic carbocycles. The monoisotopic (exact) mass is 423 g/mol. The number of nitrogens with zero attached hydrogens (tertiary/aromatic N) is 4. The molecule has 31 heavy (non-hydrogen) atoms. The Morgan fingerprint density at radius 1 is 1.23 bits per heavy atom. The number of hydrogen-bond acceptors (Lipinski definition) is 7. The molecule has 0 fully saturated rings. The van der Waals surface area contributed by atoms with E-state index in [1.807, 2.05) is 36.4 Å². The molecule has 1 aromatic heterocycles. The highest BCUT2D eigenvalue weighted by Crippen LogP contribution is 2.29. The average Bonchev–Trinajstić information content (AvgIpc) is 3.25. The molecule has 1 N–H and O–H groups in total. The van der Waals surface area contributed by atoms with E-state index in [1.54, 1.807) is 26.2 Å². The molecular weight excluding hydrogens is 402 g/mol. The van der Waals surface area contributed by atoms with Crippen molar-refractivity contribution in [1.29, 1.82) is 0 Å². The van der Waals surface area contributed by atoms with Crippen molar-refractivity contribution < 1.29 is 19.2 Å². The largest absolute Gasteiger partial charge is 0.493 e. The van der Waals surface area contributed by atoms with Crippen molar-refractivity contribution in [2.45, 2.75) is 20.1 Å². The summed E-state index contributed by atoms with van der Waals surface area (Å²) in [6, 6.07) is 15.1. The maximum atomic E-state index is 12.0. The molecule has 0 aliphatic heterocycles.